The lowest BCUT2D eigenvalue weighted by Crippen LogP contribution is -2.26. The minimum Gasteiger partial charge on any atom is -0.481 e. The Labute approximate surface area is 182 Å². The first-order valence-corrected chi connectivity index (χ1v) is 10.4. The van der Waals surface area contributed by atoms with E-state index in [1.54, 1.807) is 20.8 Å². The molecule has 6 heteroatoms. The number of hydrogen-bond donors (Lipinski definition) is 1. The van der Waals surface area contributed by atoms with Crippen molar-refractivity contribution in [1.29, 1.82) is 0 Å². The van der Waals surface area contributed by atoms with Crippen LogP contribution in [0.4, 0.5) is 0 Å². The van der Waals surface area contributed by atoms with Gasteiger partial charge in [0.15, 0.2) is 0 Å². The van der Waals surface area contributed by atoms with Gasteiger partial charge in [-0.1, -0.05) is 48.5 Å². The zero-order valence-electron chi connectivity index (χ0n) is 18.1. The van der Waals surface area contributed by atoms with E-state index < -0.39 is 29.4 Å². The fraction of sp³-hybridized carbons (Fsp3) is 0.400. The van der Waals surface area contributed by atoms with E-state index in [0.717, 1.165) is 22.3 Å². The average Bonchev–Trinajstić information content (AvgIpc) is 3.02. The highest BCUT2D eigenvalue weighted by atomic mass is 16.6. The number of carbonyl (C=O) groups is 3. The Balaban J connectivity index is 1.59. The molecule has 0 saturated heterocycles. The number of rotatable bonds is 8. The number of carbonyl (C=O) groups excluding carboxylic acids is 2. The Morgan fingerprint density at radius 3 is 2.00 bits per heavy atom. The van der Waals surface area contributed by atoms with Gasteiger partial charge in [0.25, 0.3) is 0 Å². The van der Waals surface area contributed by atoms with Crippen molar-refractivity contribution < 1.29 is 29.0 Å². The van der Waals surface area contributed by atoms with Gasteiger partial charge in [-0.25, -0.2) is 0 Å². The van der Waals surface area contributed by atoms with Gasteiger partial charge in [-0.05, 0) is 49.4 Å². The molecule has 0 bridgehead atoms. The molecule has 164 valence electrons. The molecule has 0 radical (unpaired) electrons. The van der Waals surface area contributed by atoms with Crippen LogP contribution in [0.15, 0.2) is 48.5 Å². The Bertz CT molecular complexity index is 926. The Morgan fingerprint density at radius 2 is 1.48 bits per heavy atom. The van der Waals surface area contributed by atoms with Crippen LogP contribution < -0.4 is 0 Å². The number of hydrogen-bond acceptors (Lipinski definition) is 5. The minimum absolute atomic E-state index is 0.0223. The number of ether oxygens (including phenoxy) is 2. The molecule has 0 spiro atoms. The summed E-state index contributed by atoms with van der Waals surface area (Å²) < 4.78 is 10.7. The van der Waals surface area contributed by atoms with Gasteiger partial charge < -0.3 is 14.6 Å². The first kappa shape index (κ1) is 22.5. The molecule has 3 rings (SSSR count). The van der Waals surface area contributed by atoms with Gasteiger partial charge in [-0.15, -0.1) is 0 Å². The minimum atomic E-state index is -1.13. The monoisotopic (exact) mass is 424 g/mol. The smallest absolute Gasteiger partial charge is 0.307 e. The Hall–Kier alpha value is -3.15. The number of carboxylic acid groups (broad SMARTS) is 1. The first-order valence-electron chi connectivity index (χ1n) is 10.4. The number of aliphatic carboxylic acids is 1. The van der Waals surface area contributed by atoms with Crippen molar-refractivity contribution >= 4 is 17.9 Å². The first-order chi connectivity index (χ1) is 14.7. The molecule has 2 aromatic carbocycles. The van der Waals surface area contributed by atoms with Crippen LogP contribution in [0.1, 0.15) is 57.1 Å². The van der Waals surface area contributed by atoms with Crippen LogP contribution in [0.2, 0.25) is 0 Å². The summed E-state index contributed by atoms with van der Waals surface area (Å²) in [6.07, 6.45) is -0.326. The molecule has 1 unspecified atom stereocenters. The molecule has 0 amide bonds. The standard InChI is InChI=1S/C25H28O6/c1-25(2,3)31-22(26)13-12-16(24(28)29)14-23(27)30-15-21-19-10-6-4-8-17(19)18-9-5-7-11-20(18)21/h4-11,16,21H,12-15H2,1-3H3,(H,28,29). The van der Waals surface area contributed by atoms with E-state index in [4.69, 9.17) is 9.47 Å². The third kappa shape index (κ3) is 5.72. The van der Waals surface area contributed by atoms with Gasteiger partial charge in [-0.2, -0.15) is 0 Å². The highest BCUT2D eigenvalue weighted by Crippen LogP contribution is 2.44. The summed E-state index contributed by atoms with van der Waals surface area (Å²) in [7, 11) is 0. The maximum absolute atomic E-state index is 12.4. The van der Waals surface area contributed by atoms with Gasteiger partial charge >= 0.3 is 17.9 Å². The molecule has 1 aliphatic rings. The van der Waals surface area contributed by atoms with Crippen molar-refractivity contribution in [2.75, 3.05) is 6.61 Å². The Kier molecular flexibility index (Phi) is 6.78. The molecule has 0 heterocycles. The van der Waals surface area contributed by atoms with Crippen LogP contribution >= 0.6 is 0 Å². The average molecular weight is 424 g/mol. The molecular formula is C25H28O6. The van der Waals surface area contributed by atoms with E-state index in [1.165, 1.54) is 0 Å². The van der Waals surface area contributed by atoms with Crippen molar-refractivity contribution in [3.8, 4) is 11.1 Å². The molecule has 1 N–H and O–H groups in total. The Morgan fingerprint density at radius 1 is 0.935 bits per heavy atom. The van der Waals surface area contributed by atoms with E-state index in [0.29, 0.717) is 0 Å². The topological polar surface area (TPSA) is 89.9 Å². The summed E-state index contributed by atoms with van der Waals surface area (Å²) in [4.78, 5) is 35.8. The second kappa shape index (κ2) is 9.33. The van der Waals surface area contributed by atoms with Crippen molar-refractivity contribution in [2.24, 2.45) is 5.92 Å². The SMILES string of the molecule is CC(C)(C)OC(=O)CCC(CC(=O)OCC1c2ccccc2-c2ccccc21)C(=O)O. The third-order valence-electron chi connectivity index (χ3n) is 5.25. The van der Waals surface area contributed by atoms with E-state index in [9.17, 15) is 19.5 Å². The van der Waals surface area contributed by atoms with Gasteiger partial charge in [0.1, 0.15) is 12.2 Å². The normalized spacial score (nSPS) is 13.8. The van der Waals surface area contributed by atoms with E-state index in [1.807, 2.05) is 48.5 Å². The second-order valence-electron chi connectivity index (χ2n) is 8.77. The quantitative estimate of drug-likeness (QED) is 0.625. The zero-order chi connectivity index (χ0) is 22.6. The van der Waals surface area contributed by atoms with E-state index in [-0.39, 0.29) is 31.8 Å². The fourth-order valence-corrected chi connectivity index (χ4v) is 3.87. The van der Waals surface area contributed by atoms with Crippen LogP contribution in [-0.2, 0) is 23.9 Å². The largest absolute Gasteiger partial charge is 0.481 e. The summed E-state index contributed by atoms with van der Waals surface area (Å²) in [5.41, 5.74) is 3.80. The molecule has 31 heavy (non-hydrogen) atoms. The predicted molar refractivity (Wildman–Crippen MR) is 116 cm³/mol. The number of esters is 2. The summed E-state index contributed by atoms with van der Waals surface area (Å²) in [6, 6.07) is 16.0. The molecule has 0 saturated carbocycles. The van der Waals surface area contributed by atoms with Crippen LogP contribution in [0.3, 0.4) is 0 Å². The van der Waals surface area contributed by atoms with E-state index >= 15 is 0 Å². The molecule has 1 aliphatic carbocycles. The summed E-state index contributed by atoms with van der Waals surface area (Å²) >= 11 is 0. The highest BCUT2D eigenvalue weighted by molar-refractivity contribution is 5.81. The lowest BCUT2D eigenvalue weighted by Gasteiger charge is -2.20. The molecular weight excluding hydrogens is 396 g/mol. The zero-order valence-corrected chi connectivity index (χ0v) is 18.1. The molecule has 0 aromatic heterocycles. The third-order valence-corrected chi connectivity index (χ3v) is 5.25. The van der Waals surface area contributed by atoms with Crippen LogP contribution in [0.25, 0.3) is 11.1 Å². The molecule has 2 aromatic rings. The highest BCUT2D eigenvalue weighted by Gasteiger charge is 2.30. The lowest BCUT2D eigenvalue weighted by atomic mass is 9.97. The molecule has 0 fully saturated rings. The second-order valence-corrected chi connectivity index (χ2v) is 8.77. The molecule has 6 nitrogen and oxygen atoms in total. The summed E-state index contributed by atoms with van der Waals surface area (Å²) in [5.74, 6) is -3.27. The van der Waals surface area contributed by atoms with Crippen molar-refractivity contribution in [1.82, 2.24) is 0 Å². The van der Waals surface area contributed by atoms with Gasteiger partial charge in [0.05, 0.1) is 12.3 Å². The van der Waals surface area contributed by atoms with Crippen LogP contribution in [-0.4, -0.2) is 35.2 Å². The maximum Gasteiger partial charge on any atom is 0.307 e. The predicted octanol–water partition coefficient (Wildman–Crippen LogP) is 4.55. The maximum atomic E-state index is 12.4. The summed E-state index contributed by atoms with van der Waals surface area (Å²) in [5, 5.41) is 9.45. The van der Waals surface area contributed by atoms with Crippen LogP contribution in [0, 0.1) is 5.92 Å². The molecule has 0 aliphatic heterocycles. The number of benzene rings is 2. The lowest BCUT2D eigenvalue weighted by molar-refractivity contribution is -0.157. The number of carboxylic acids is 1. The van der Waals surface area contributed by atoms with Gasteiger partial charge in [-0.3, -0.25) is 14.4 Å². The van der Waals surface area contributed by atoms with Gasteiger partial charge in [0.2, 0.25) is 0 Å². The molecule has 1 atom stereocenters. The fourth-order valence-electron chi connectivity index (χ4n) is 3.87. The van der Waals surface area contributed by atoms with Crippen molar-refractivity contribution in [3.05, 3.63) is 59.7 Å². The number of fused-ring (bicyclic) bond motifs is 3. The van der Waals surface area contributed by atoms with Gasteiger partial charge in [0, 0.05) is 12.3 Å². The van der Waals surface area contributed by atoms with E-state index in [2.05, 4.69) is 0 Å². The summed E-state index contributed by atoms with van der Waals surface area (Å²) in [6.45, 7) is 5.38. The van der Waals surface area contributed by atoms with Crippen LogP contribution in [0.5, 0.6) is 0 Å². The van der Waals surface area contributed by atoms with Crippen molar-refractivity contribution in [3.63, 3.8) is 0 Å². The van der Waals surface area contributed by atoms with Crippen molar-refractivity contribution in [2.45, 2.75) is 51.6 Å².